The van der Waals surface area contributed by atoms with Crippen molar-refractivity contribution in [2.75, 3.05) is 6.54 Å². The maximum absolute atomic E-state index is 10.3. The summed E-state index contributed by atoms with van der Waals surface area (Å²) in [6.45, 7) is 1.47. The molecule has 20 heavy (non-hydrogen) atoms. The summed E-state index contributed by atoms with van der Waals surface area (Å²) in [5.41, 5.74) is 0.686. The summed E-state index contributed by atoms with van der Waals surface area (Å²) in [6, 6.07) is 10.2. The fraction of sp³-hybridized carbons (Fsp3) is 0.438. The summed E-state index contributed by atoms with van der Waals surface area (Å²) in [4.78, 5) is 5.68. The van der Waals surface area contributed by atoms with E-state index in [1.807, 2.05) is 24.4 Å². The van der Waals surface area contributed by atoms with Crippen molar-refractivity contribution in [2.45, 2.75) is 37.8 Å². The predicted molar refractivity (Wildman–Crippen MR) is 82.7 cm³/mol. The van der Waals surface area contributed by atoms with Crippen molar-refractivity contribution in [1.29, 1.82) is 0 Å². The molecule has 0 aliphatic heterocycles. The molecule has 1 aromatic carbocycles. The fourth-order valence-corrected chi connectivity index (χ4v) is 3.62. The Kier molecular flexibility index (Phi) is 4.15. The zero-order chi connectivity index (χ0) is 13.8. The smallest absolute Gasteiger partial charge is 0.123 e. The van der Waals surface area contributed by atoms with Crippen LogP contribution in [0.15, 0.2) is 36.5 Å². The number of aliphatic hydroxyl groups is 1. The summed E-state index contributed by atoms with van der Waals surface area (Å²) in [7, 11) is 0. The molecule has 3 nitrogen and oxygen atoms in total. The molecule has 2 N–H and O–H groups in total. The van der Waals surface area contributed by atoms with Gasteiger partial charge in [0.2, 0.25) is 0 Å². The topological polar surface area (TPSA) is 45.1 Å². The van der Waals surface area contributed by atoms with Crippen LogP contribution in [0.2, 0.25) is 0 Å². The normalized spacial score (nSPS) is 17.4. The Morgan fingerprint density at radius 1 is 1.20 bits per heavy atom. The first kappa shape index (κ1) is 13.7. The quantitative estimate of drug-likeness (QED) is 0.888. The SMILES string of the molecule is OC1(CNCc2cnc(-c3ccccc3)s2)CCCC1. The van der Waals surface area contributed by atoms with Crippen LogP contribution in [0.25, 0.3) is 10.6 Å². The molecule has 2 aromatic rings. The highest BCUT2D eigenvalue weighted by atomic mass is 32.1. The van der Waals surface area contributed by atoms with Crippen molar-refractivity contribution in [3.05, 3.63) is 41.4 Å². The van der Waals surface area contributed by atoms with Crippen molar-refractivity contribution in [3.8, 4) is 10.6 Å². The zero-order valence-electron chi connectivity index (χ0n) is 11.5. The molecular formula is C16H20N2OS. The monoisotopic (exact) mass is 288 g/mol. The van der Waals surface area contributed by atoms with Gasteiger partial charge in [0.1, 0.15) is 5.01 Å². The van der Waals surface area contributed by atoms with Crippen LogP contribution in [0, 0.1) is 0 Å². The van der Waals surface area contributed by atoms with E-state index in [-0.39, 0.29) is 0 Å². The van der Waals surface area contributed by atoms with Crippen LogP contribution in [0.3, 0.4) is 0 Å². The van der Waals surface area contributed by atoms with Gasteiger partial charge >= 0.3 is 0 Å². The van der Waals surface area contributed by atoms with Gasteiger partial charge in [-0.3, -0.25) is 0 Å². The summed E-state index contributed by atoms with van der Waals surface area (Å²) in [6.07, 6.45) is 6.09. The number of nitrogens with zero attached hydrogens (tertiary/aromatic N) is 1. The lowest BCUT2D eigenvalue weighted by molar-refractivity contribution is 0.0475. The molecule has 0 amide bonds. The Labute approximate surface area is 123 Å². The van der Waals surface area contributed by atoms with Crippen LogP contribution in [-0.4, -0.2) is 22.2 Å². The second-order valence-corrected chi connectivity index (χ2v) is 6.65. The van der Waals surface area contributed by atoms with Gasteiger partial charge in [-0.1, -0.05) is 43.2 Å². The first-order valence-corrected chi connectivity index (χ1v) is 8.00. The van der Waals surface area contributed by atoms with Gasteiger partial charge in [0.15, 0.2) is 0 Å². The molecule has 0 spiro atoms. The minimum Gasteiger partial charge on any atom is -0.389 e. The van der Waals surface area contributed by atoms with E-state index in [2.05, 4.69) is 22.4 Å². The highest BCUT2D eigenvalue weighted by Gasteiger charge is 2.30. The van der Waals surface area contributed by atoms with E-state index < -0.39 is 5.60 Å². The van der Waals surface area contributed by atoms with Gasteiger partial charge < -0.3 is 10.4 Å². The first-order valence-electron chi connectivity index (χ1n) is 7.18. The predicted octanol–water partition coefficient (Wildman–Crippen LogP) is 3.20. The highest BCUT2D eigenvalue weighted by Crippen LogP contribution is 2.29. The molecule has 0 saturated heterocycles. The average Bonchev–Trinajstić information content (AvgIpc) is 3.10. The van der Waals surface area contributed by atoms with Crippen LogP contribution in [0.4, 0.5) is 0 Å². The number of thiazole rings is 1. The highest BCUT2D eigenvalue weighted by molar-refractivity contribution is 7.15. The molecular weight excluding hydrogens is 268 g/mol. The minimum atomic E-state index is -0.479. The lowest BCUT2D eigenvalue weighted by Gasteiger charge is -2.22. The maximum Gasteiger partial charge on any atom is 0.123 e. The second-order valence-electron chi connectivity index (χ2n) is 5.53. The zero-order valence-corrected chi connectivity index (χ0v) is 12.3. The van der Waals surface area contributed by atoms with E-state index >= 15 is 0 Å². The van der Waals surface area contributed by atoms with Crippen LogP contribution in [0.5, 0.6) is 0 Å². The Hall–Kier alpha value is -1.23. The van der Waals surface area contributed by atoms with Crippen LogP contribution in [-0.2, 0) is 6.54 Å². The Balaban J connectivity index is 1.55. The number of aromatic nitrogens is 1. The summed E-state index contributed by atoms with van der Waals surface area (Å²) < 4.78 is 0. The van der Waals surface area contributed by atoms with Crippen molar-refractivity contribution in [3.63, 3.8) is 0 Å². The van der Waals surface area contributed by atoms with Gasteiger partial charge in [-0.05, 0) is 12.8 Å². The first-order chi connectivity index (χ1) is 9.75. The third kappa shape index (κ3) is 3.26. The summed E-state index contributed by atoms with van der Waals surface area (Å²) in [5, 5.41) is 14.7. The molecule has 106 valence electrons. The molecule has 1 saturated carbocycles. The number of hydrogen-bond donors (Lipinski definition) is 2. The van der Waals surface area contributed by atoms with Crippen molar-refractivity contribution in [2.24, 2.45) is 0 Å². The van der Waals surface area contributed by atoms with E-state index in [1.165, 1.54) is 4.88 Å². The van der Waals surface area contributed by atoms with Gasteiger partial charge in [-0.25, -0.2) is 4.98 Å². The Bertz CT molecular complexity index is 547. The van der Waals surface area contributed by atoms with E-state index in [0.717, 1.165) is 42.8 Å². The largest absolute Gasteiger partial charge is 0.389 e. The van der Waals surface area contributed by atoms with Gasteiger partial charge in [-0.15, -0.1) is 11.3 Å². The maximum atomic E-state index is 10.3. The van der Waals surface area contributed by atoms with Crippen LogP contribution >= 0.6 is 11.3 Å². The van der Waals surface area contributed by atoms with E-state index in [4.69, 9.17) is 0 Å². The standard InChI is InChI=1S/C16H20N2OS/c19-16(8-4-5-9-16)12-17-10-14-11-18-15(20-14)13-6-2-1-3-7-13/h1-3,6-7,11,17,19H,4-5,8-10,12H2. The summed E-state index contributed by atoms with van der Waals surface area (Å²) in [5.74, 6) is 0. The second kappa shape index (κ2) is 6.04. The lowest BCUT2D eigenvalue weighted by atomic mass is 10.0. The van der Waals surface area contributed by atoms with E-state index in [1.54, 1.807) is 11.3 Å². The molecule has 0 unspecified atom stereocenters. The van der Waals surface area contributed by atoms with E-state index in [9.17, 15) is 5.11 Å². The lowest BCUT2D eigenvalue weighted by Crippen LogP contribution is -2.37. The number of benzene rings is 1. The van der Waals surface area contributed by atoms with Gasteiger partial charge in [-0.2, -0.15) is 0 Å². The molecule has 1 aliphatic carbocycles. The number of rotatable bonds is 5. The fourth-order valence-electron chi connectivity index (χ4n) is 2.73. The third-order valence-electron chi connectivity index (χ3n) is 3.86. The van der Waals surface area contributed by atoms with Gasteiger partial charge in [0.05, 0.1) is 5.60 Å². The summed E-state index contributed by atoms with van der Waals surface area (Å²) >= 11 is 1.71. The number of hydrogen-bond acceptors (Lipinski definition) is 4. The molecule has 1 heterocycles. The van der Waals surface area contributed by atoms with E-state index in [0.29, 0.717) is 6.54 Å². The van der Waals surface area contributed by atoms with Crippen molar-refractivity contribution >= 4 is 11.3 Å². The minimum absolute atomic E-state index is 0.479. The Morgan fingerprint density at radius 3 is 2.70 bits per heavy atom. The van der Waals surface area contributed by atoms with Gasteiger partial charge in [0, 0.05) is 29.7 Å². The van der Waals surface area contributed by atoms with Crippen molar-refractivity contribution in [1.82, 2.24) is 10.3 Å². The molecule has 0 bridgehead atoms. The Morgan fingerprint density at radius 2 is 1.95 bits per heavy atom. The third-order valence-corrected chi connectivity index (χ3v) is 4.91. The van der Waals surface area contributed by atoms with Gasteiger partial charge in [0.25, 0.3) is 0 Å². The molecule has 4 heteroatoms. The molecule has 1 aliphatic rings. The molecule has 3 rings (SSSR count). The molecule has 0 atom stereocenters. The molecule has 1 aromatic heterocycles. The number of nitrogens with one attached hydrogen (secondary N) is 1. The van der Waals surface area contributed by atoms with Crippen molar-refractivity contribution < 1.29 is 5.11 Å². The molecule has 1 fully saturated rings. The van der Waals surface area contributed by atoms with Crippen LogP contribution < -0.4 is 5.32 Å². The van der Waals surface area contributed by atoms with Crippen LogP contribution in [0.1, 0.15) is 30.6 Å². The average molecular weight is 288 g/mol. The molecule has 0 radical (unpaired) electrons.